The molecule has 1 atom stereocenters. The fraction of sp³-hybridized carbons (Fsp3) is 0.533. The summed E-state index contributed by atoms with van der Waals surface area (Å²) in [5.74, 6) is -0.229. The van der Waals surface area contributed by atoms with E-state index in [0.29, 0.717) is 32.5 Å². The van der Waals surface area contributed by atoms with E-state index in [1.165, 1.54) is 4.31 Å². The zero-order valence-corrected chi connectivity index (χ0v) is 13.4. The number of sulfonamides is 1. The summed E-state index contributed by atoms with van der Waals surface area (Å²) >= 11 is 0. The maximum atomic E-state index is 12.8. The van der Waals surface area contributed by atoms with Gasteiger partial charge in [0.1, 0.15) is 6.04 Å². The molecule has 0 aliphatic carbocycles. The normalized spacial score (nSPS) is 19.8. The molecule has 1 amide bonds. The minimum Gasteiger partial charge on any atom is -0.355 e. The average molecular weight is 325 g/mol. The van der Waals surface area contributed by atoms with Crippen molar-refractivity contribution in [3.63, 3.8) is 0 Å². The molecular formula is C15H23N3O3S. The quantitative estimate of drug-likeness (QED) is 0.753. The van der Waals surface area contributed by atoms with E-state index < -0.39 is 16.1 Å². The van der Waals surface area contributed by atoms with Crippen LogP contribution in [0.25, 0.3) is 0 Å². The highest BCUT2D eigenvalue weighted by molar-refractivity contribution is 7.89. The third kappa shape index (κ3) is 3.85. The Labute approximate surface area is 131 Å². The summed E-state index contributed by atoms with van der Waals surface area (Å²) in [6, 6.07) is 7.64. The number of rotatable bonds is 6. The Bertz CT molecular complexity index is 589. The molecule has 7 heteroatoms. The molecule has 0 aromatic heterocycles. The number of amides is 1. The zero-order valence-electron chi connectivity index (χ0n) is 12.6. The topological polar surface area (TPSA) is 92.5 Å². The number of nitrogens with zero attached hydrogens (tertiary/aromatic N) is 1. The lowest BCUT2D eigenvalue weighted by molar-refractivity contribution is -0.125. The van der Waals surface area contributed by atoms with Crippen LogP contribution in [0.15, 0.2) is 35.2 Å². The maximum absolute atomic E-state index is 12.8. The number of nitrogens with one attached hydrogen (secondary N) is 1. The van der Waals surface area contributed by atoms with Gasteiger partial charge in [0.05, 0.1) is 4.90 Å². The molecule has 1 unspecified atom stereocenters. The Morgan fingerprint density at radius 1 is 1.27 bits per heavy atom. The smallest absolute Gasteiger partial charge is 0.243 e. The van der Waals surface area contributed by atoms with Crippen LogP contribution < -0.4 is 11.1 Å². The Morgan fingerprint density at radius 3 is 2.68 bits per heavy atom. The van der Waals surface area contributed by atoms with Gasteiger partial charge in [0.25, 0.3) is 0 Å². The molecule has 3 N–H and O–H groups in total. The van der Waals surface area contributed by atoms with E-state index in [-0.39, 0.29) is 10.8 Å². The van der Waals surface area contributed by atoms with E-state index in [9.17, 15) is 13.2 Å². The van der Waals surface area contributed by atoms with E-state index >= 15 is 0 Å². The van der Waals surface area contributed by atoms with Crippen molar-refractivity contribution in [3.8, 4) is 0 Å². The van der Waals surface area contributed by atoms with Gasteiger partial charge in [-0.3, -0.25) is 4.79 Å². The van der Waals surface area contributed by atoms with Gasteiger partial charge in [-0.2, -0.15) is 4.31 Å². The second-order valence-electron chi connectivity index (χ2n) is 5.37. The van der Waals surface area contributed by atoms with Crippen LogP contribution in [0.3, 0.4) is 0 Å². The summed E-state index contributed by atoms with van der Waals surface area (Å²) in [5.41, 5.74) is 5.41. The third-order valence-corrected chi connectivity index (χ3v) is 5.71. The number of hydrogen-bond donors (Lipinski definition) is 2. The molecule has 0 radical (unpaired) electrons. The minimum absolute atomic E-state index is 0.229. The molecule has 1 aromatic rings. The number of nitrogens with two attached hydrogens (primary N) is 1. The molecule has 22 heavy (non-hydrogen) atoms. The molecule has 1 aromatic carbocycles. The van der Waals surface area contributed by atoms with Crippen molar-refractivity contribution in [1.29, 1.82) is 0 Å². The second-order valence-corrected chi connectivity index (χ2v) is 7.26. The van der Waals surface area contributed by atoms with Crippen LogP contribution in [0.4, 0.5) is 0 Å². The first-order chi connectivity index (χ1) is 10.6. The largest absolute Gasteiger partial charge is 0.355 e. The van der Waals surface area contributed by atoms with Crippen LogP contribution in [0.5, 0.6) is 0 Å². The van der Waals surface area contributed by atoms with Crippen LogP contribution in [-0.4, -0.2) is 44.3 Å². The number of benzene rings is 1. The molecule has 0 saturated carbocycles. The standard InChI is InChI=1S/C15H23N3O3S/c16-10-6-11-17-15(19)14-9-4-5-12-18(14)22(20,21)13-7-2-1-3-8-13/h1-3,7-8,14H,4-6,9-12,16H2,(H,17,19). The predicted octanol–water partition coefficient (Wildman–Crippen LogP) is 0.695. The number of piperidine rings is 1. The third-order valence-electron chi connectivity index (χ3n) is 3.79. The minimum atomic E-state index is -3.64. The van der Waals surface area contributed by atoms with E-state index in [4.69, 9.17) is 5.73 Å². The lowest BCUT2D eigenvalue weighted by Crippen LogP contribution is -2.52. The van der Waals surface area contributed by atoms with Crippen LogP contribution in [0, 0.1) is 0 Å². The van der Waals surface area contributed by atoms with Crippen LogP contribution >= 0.6 is 0 Å². The molecule has 1 aliphatic heterocycles. The second kappa shape index (κ2) is 7.71. The zero-order chi connectivity index (χ0) is 16.0. The summed E-state index contributed by atoms with van der Waals surface area (Å²) in [5, 5.41) is 2.78. The molecule has 1 heterocycles. The molecular weight excluding hydrogens is 302 g/mol. The van der Waals surface area contributed by atoms with E-state index in [0.717, 1.165) is 12.8 Å². The summed E-state index contributed by atoms with van der Waals surface area (Å²) in [4.78, 5) is 12.5. The fourth-order valence-corrected chi connectivity index (χ4v) is 4.29. The van der Waals surface area contributed by atoms with E-state index in [1.54, 1.807) is 30.3 Å². The van der Waals surface area contributed by atoms with Crippen LogP contribution in [0.2, 0.25) is 0 Å². The van der Waals surface area contributed by atoms with Crippen LogP contribution in [-0.2, 0) is 14.8 Å². The first-order valence-corrected chi connectivity index (χ1v) is 9.06. The van der Waals surface area contributed by atoms with Crippen molar-refractivity contribution in [3.05, 3.63) is 30.3 Å². The van der Waals surface area contributed by atoms with Crippen molar-refractivity contribution >= 4 is 15.9 Å². The van der Waals surface area contributed by atoms with Crippen molar-refractivity contribution in [2.24, 2.45) is 5.73 Å². The Hall–Kier alpha value is -1.44. The highest BCUT2D eigenvalue weighted by Crippen LogP contribution is 2.25. The molecule has 0 spiro atoms. The summed E-state index contributed by atoms with van der Waals surface area (Å²) in [6.07, 6.45) is 2.87. The number of carbonyl (C=O) groups is 1. The van der Waals surface area contributed by atoms with Crippen molar-refractivity contribution in [2.75, 3.05) is 19.6 Å². The first kappa shape index (κ1) is 16.9. The molecule has 6 nitrogen and oxygen atoms in total. The van der Waals surface area contributed by atoms with Crippen molar-refractivity contribution in [1.82, 2.24) is 9.62 Å². The van der Waals surface area contributed by atoms with E-state index in [1.807, 2.05) is 0 Å². The van der Waals surface area contributed by atoms with Gasteiger partial charge in [0, 0.05) is 13.1 Å². The monoisotopic (exact) mass is 325 g/mol. The molecule has 1 aliphatic rings. The predicted molar refractivity (Wildman–Crippen MR) is 84.7 cm³/mol. The molecule has 122 valence electrons. The average Bonchev–Trinajstić information content (AvgIpc) is 2.56. The Kier molecular flexibility index (Phi) is 5.93. The SMILES string of the molecule is NCCCNC(=O)C1CCCCN1S(=O)(=O)c1ccccc1. The summed E-state index contributed by atoms with van der Waals surface area (Å²) < 4.78 is 26.9. The molecule has 1 fully saturated rings. The molecule has 0 bridgehead atoms. The lowest BCUT2D eigenvalue weighted by atomic mass is 10.0. The Balaban J connectivity index is 2.17. The van der Waals surface area contributed by atoms with Gasteiger partial charge < -0.3 is 11.1 Å². The highest BCUT2D eigenvalue weighted by Gasteiger charge is 2.37. The Morgan fingerprint density at radius 2 is 2.00 bits per heavy atom. The van der Waals surface area contributed by atoms with E-state index in [2.05, 4.69) is 5.32 Å². The van der Waals surface area contributed by atoms with Crippen molar-refractivity contribution in [2.45, 2.75) is 36.6 Å². The maximum Gasteiger partial charge on any atom is 0.243 e. The van der Waals surface area contributed by atoms with Gasteiger partial charge in [0.2, 0.25) is 15.9 Å². The fourth-order valence-electron chi connectivity index (χ4n) is 2.61. The highest BCUT2D eigenvalue weighted by atomic mass is 32.2. The van der Waals surface area contributed by atoms with Gasteiger partial charge in [0.15, 0.2) is 0 Å². The van der Waals surface area contributed by atoms with Crippen molar-refractivity contribution < 1.29 is 13.2 Å². The van der Waals surface area contributed by atoms with Crippen LogP contribution in [0.1, 0.15) is 25.7 Å². The lowest BCUT2D eigenvalue weighted by Gasteiger charge is -2.33. The molecule has 1 saturated heterocycles. The van der Waals surface area contributed by atoms with Gasteiger partial charge in [-0.25, -0.2) is 8.42 Å². The van der Waals surface area contributed by atoms with Gasteiger partial charge in [-0.15, -0.1) is 0 Å². The molecule has 2 rings (SSSR count). The van der Waals surface area contributed by atoms with Gasteiger partial charge in [-0.1, -0.05) is 24.6 Å². The summed E-state index contributed by atoms with van der Waals surface area (Å²) in [6.45, 7) is 1.36. The van der Waals surface area contributed by atoms with Gasteiger partial charge in [-0.05, 0) is 37.9 Å². The number of hydrogen-bond acceptors (Lipinski definition) is 4. The van der Waals surface area contributed by atoms with Gasteiger partial charge >= 0.3 is 0 Å². The number of carbonyl (C=O) groups excluding carboxylic acids is 1. The summed E-state index contributed by atoms with van der Waals surface area (Å²) in [7, 11) is -3.64. The first-order valence-electron chi connectivity index (χ1n) is 7.62.